The molecule has 1 amide bonds. The van der Waals surface area contributed by atoms with Gasteiger partial charge in [-0.05, 0) is 30.0 Å². The van der Waals surface area contributed by atoms with Crippen molar-refractivity contribution in [2.24, 2.45) is 11.7 Å². The number of hydrogen-bond donors (Lipinski definition) is 1. The minimum atomic E-state index is -0.0305. The van der Waals surface area contributed by atoms with Crippen LogP contribution in [-0.4, -0.2) is 19.6 Å². The molecule has 2 N–H and O–H groups in total. The van der Waals surface area contributed by atoms with Crippen molar-refractivity contribution in [3.05, 3.63) is 23.8 Å². The van der Waals surface area contributed by atoms with Gasteiger partial charge in [0.05, 0.1) is 5.69 Å². The van der Waals surface area contributed by atoms with Crippen molar-refractivity contribution in [3.8, 4) is 5.75 Å². The summed E-state index contributed by atoms with van der Waals surface area (Å²) in [5.74, 6) is 1.27. The fraction of sp³-hybridized carbons (Fsp3) is 0.500. The first-order valence-corrected chi connectivity index (χ1v) is 6.28. The van der Waals surface area contributed by atoms with Gasteiger partial charge in [0.15, 0.2) is 6.61 Å². The lowest BCUT2D eigenvalue weighted by molar-refractivity contribution is -0.120. The summed E-state index contributed by atoms with van der Waals surface area (Å²) < 4.78 is 5.39. The van der Waals surface area contributed by atoms with Crippen molar-refractivity contribution in [2.45, 2.75) is 26.3 Å². The highest BCUT2D eigenvalue weighted by molar-refractivity contribution is 5.97. The second-order valence-electron chi connectivity index (χ2n) is 5.20. The van der Waals surface area contributed by atoms with E-state index in [1.807, 2.05) is 18.2 Å². The Labute approximate surface area is 108 Å². The molecule has 1 heterocycles. The normalized spacial score (nSPS) is 16.5. The third-order valence-corrected chi connectivity index (χ3v) is 3.22. The number of amides is 1. The highest BCUT2D eigenvalue weighted by atomic mass is 16.5. The molecule has 0 spiro atoms. The van der Waals surface area contributed by atoms with Crippen molar-refractivity contribution in [1.29, 1.82) is 0 Å². The van der Waals surface area contributed by atoms with Gasteiger partial charge in [-0.3, -0.25) is 4.79 Å². The lowest BCUT2D eigenvalue weighted by Crippen LogP contribution is -2.35. The molecule has 18 heavy (non-hydrogen) atoms. The van der Waals surface area contributed by atoms with Gasteiger partial charge in [0.2, 0.25) is 0 Å². The summed E-state index contributed by atoms with van der Waals surface area (Å²) in [6, 6.07) is 5.84. The van der Waals surface area contributed by atoms with E-state index in [4.69, 9.17) is 10.5 Å². The summed E-state index contributed by atoms with van der Waals surface area (Å²) in [6.45, 7) is 4.41. The van der Waals surface area contributed by atoms with E-state index in [0.717, 1.165) is 23.4 Å². The molecule has 1 aliphatic rings. The SMILES string of the molecule is CC(C)CC(N)c1ccc2c(c1)N(C)C(=O)CO2. The zero-order valence-corrected chi connectivity index (χ0v) is 11.1. The zero-order chi connectivity index (χ0) is 13.3. The summed E-state index contributed by atoms with van der Waals surface area (Å²) in [5, 5.41) is 0. The Kier molecular flexibility index (Phi) is 3.57. The van der Waals surface area contributed by atoms with Crippen LogP contribution in [0.4, 0.5) is 5.69 Å². The van der Waals surface area contributed by atoms with Gasteiger partial charge in [0, 0.05) is 13.1 Å². The van der Waals surface area contributed by atoms with Crippen LogP contribution in [-0.2, 0) is 4.79 Å². The van der Waals surface area contributed by atoms with E-state index in [-0.39, 0.29) is 18.6 Å². The Hall–Kier alpha value is -1.55. The molecule has 0 saturated carbocycles. The highest BCUT2D eigenvalue weighted by Crippen LogP contribution is 2.34. The summed E-state index contributed by atoms with van der Waals surface area (Å²) in [5.41, 5.74) is 8.02. The molecule has 98 valence electrons. The molecule has 0 aliphatic carbocycles. The Morgan fingerprint density at radius 2 is 2.17 bits per heavy atom. The zero-order valence-electron chi connectivity index (χ0n) is 11.1. The molecule has 1 aliphatic heterocycles. The molecule has 1 aromatic rings. The first kappa shape index (κ1) is 12.9. The maximum absolute atomic E-state index is 11.6. The van der Waals surface area contributed by atoms with E-state index >= 15 is 0 Å². The minimum absolute atomic E-state index is 0.000675. The number of carbonyl (C=O) groups is 1. The van der Waals surface area contributed by atoms with Crippen molar-refractivity contribution in [2.75, 3.05) is 18.6 Å². The second-order valence-corrected chi connectivity index (χ2v) is 5.20. The third kappa shape index (κ3) is 2.48. The Morgan fingerprint density at radius 3 is 2.83 bits per heavy atom. The van der Waals surface area contributed by atoms with Crippen LogP contribution < -0.4 is 15.4 Å². The van der Waals surface area contributed by atoms with Crippen LogP contribution in [0.2, 0.25) is 0 Å². The molecule has 1 unspecified atom stereocenters. The maximum Gasteiger partial charge on any atom is 0.264 e. The van der Waals surface area contributed by atoms with Gasteiger partial charge >= 0.3 is 0 Å². The number of fused-ring (bicyclic) bond motifs is 1. The van der Waals surface area contributed by atoms with E-state index in [1.165, 1.54) is 0 Å². The number of rotatable bonds is 3. The number of ether oxygens (including phenoxy) is 1. The molecule has 1 aromatic carbocycles. The monoisotopic (exact) mass is 248 g/mol. The summed E-state index contributed by atoms with van der Waals surface area (Å²) in [4.78, 5) is 13.2. The van der Waals surface area contributed by atoms with Crippen molar-refractivity contribution < 1.29 is 9.53 Å². The predicted molar refractivity (Wildman–Crippen MR) is 71.7 cm³/mol. The Balaban J connectivity index is 2.28. The first-order chi connectivity index (χ1) is 8.49. The summed E-state index contributed by atoms with van der Waals surface area (Å²) in [6.07, 6.45) is 0.928. The van der Waals surface area contributed by atoms with Gasteiger partial charge in [-0.25, -0.2) is 0 Å². The van der Waals surface area contributed by atoms with E-state index in [1.54, 1.807) is 11.9 Å². The predicted octanol–water partition coefficient (Wildman–Crippen LogP) is 2.09. The highest BCUT2D eigenvalue weighted by Gasteiger charge is 2.23. The molecule has 2 rings (SSSR count). The van der Waals surface area contributed by atoms with Gasteiger partial charge in [0.1, 0.15) is 5.75 Å². The number of hydrogen-bond acceptors (Lipinski definition) is 3. The van der Waals surface area contributed by atoms with Gasteiger partial charge in [-0.1, -0.05) is 19.9 Å². The molecule has 0 aromatic heterocycles. The molecule has 1 atom stereocenters. The fourth-order valence-electron chi connectivity index (χ4n) is 2.16. The van der Waals surface area contributed by atoms with Gasteiger partial charge in [0.25, 0.3) is 5.91 Å². The number of likely N-dealkylation sites (N-methyl/N-ethyl adjacent to an activating group) is 1. The van der Waals surface area contributed by atoms with E-state index in [9.17, 15) is 4.79 Å². The van der Waals surface area contributed by atoms with Crippen molar-refractivity contribution in [3.63, 3.8) is 0 Å². The third-order valence-electron chi connectivity index (χ3n) is 3.22. The minimum Gasteiger partial charge on any atom is -0.482 e. The van der Waals surface area contributed by atoms with Crippen molar-refractivity contribution >= 4 is 11.6 Å². The molecule has 4 heteroatoms. The average Bonchev–Trinajstić information content (AvgIpc) is 2.33. The quantitative estimate of drug-likeness (QED) is 0.891. The molecular formula is C14H20N2O2. The molecule has 4 nitrogen and oxygen atoms in total. The number of carbonyl (C=O) groups excluding carboxylic acids is 1. The van der Waals surface area contributed by atoms with E-state index in [2.05, 4.69) is 13.8 Å². The summed E-state index contributed by atoms with van der Waals surface area (Å²) >= 11 is 0. The van der Waals surface area contributed by atoms with Crippen LogP contribution in [0.25, 0.3) is 0 Å². The number of anilines is 1. The first-order valence-electron chi connectivity index (χ1n) is 6.28. The van der Waals surface area contributed by atoms with Crippen LogP contribution in [0.1, 0.15) is 31.9 Å². The molecular weight excluding hydrogens is 228 g/mol. The van der Waals surface area contributed by atoms with Crippen LogP contribution in [0.3, 0.4) is 0 Å². The maximum atomic E-state index is 11.6. The molecule has 0 bridgehead atoms. The second kappa shape index (κ2) is 4.98. The average molecular weight is 248 g/mol. The smallest absolute Gasteiger partial charge is 0.264 e. The standard InChI is InChI=1S/C14H20N2O2/c1-9(2)6-11(15)10-4-5-13-12(7-10)16(3)14(17)8-18-13/h4-5,7,9,11H,6,8,15H2,1-3H3. The van der Waals surface area contributed by atoms with Crippen LogP contribution in [0, 0.1) is 5.92 Å². The number of nitrogens with two attached hydrogens (primary N) is 1. The molecule has 0 fully saturated rings. The Morgan fingerprint density at radius 1 is 1.44 bits per heavy atom. The van der Waals surface area contributed by atoms with Crippen LogP contribution in [0.5, 0.6) is 5.75 Å². The molecule has 0 radical (unpaired) electrons. The van der Waals surface area contributed by atoms with Gasteiger partial charge < -0.3 is 15.4 Å². The number of nitrogens with zero attached hydrogens (tertiary/aromatic N) is 1. The van der Waals surface area contributed by atoms with E-state index < -0.39 is 0 Å². The summed E-state index contributed by atoms with van der Waals surface area (Å²) in [7, 11) is 1.77. The van der Waals surface area contributed by atoms with E-state index in [0.29, 0.717) is 5.92 Å². The number of benzene rings is 1. The Bertz CT molecular complexity index is 457. The lowest BCUT2D eigenvalue weighted by Gasteiger charge is -2.27. The topological polar surface area (TPSA) is 55.6 Å². The van der Waals surface area contributed by atoms with Crippen LogP contribution >= 0.6 is 0 Å². The fourth-order valence-corrected chi connectivity index (χ4v) is 2.16. The lowest BCUT2D eigenvalue weighted by atomic mass is 9.97. The van der Waals surface area contributed by atoms with Crippen molar-refractivity contribution in [1.82, 2.24) is 0 Å². The molecule has 0 saturated heterocycles. The largest absolute Gasteiger partial charge is 0.482 e. The van der Waals surface area contributed by atoms with Gasteiger partial charge in [-0.2, -0.15) is 0 Å². The van der Waals surface area contributed by atoms with Gasteiger partial charge in [-0.15, -0.1) is 0 Å². The van der Waals surface area contributed by atoms with Crippen LogP contribution in [0.15, 0.2) is 18.2 Å².